The van der Waals surface area contributed by atoms with Gasteiger partial charge < -0.3 is 9.59 Å². The smallest absolute Gasteiger partial charge is 0.167 e. The Morgan fingerprint density at radius 3 is 2.07 bits per heavy atom. The van der Waals surface area contributed by atoms with Crippen molar-refractivity contribution in [1.29, 1.82) is 0 Å². The van der Waals surface area contributed by atoms with E-state index in [4.69, 9.17) is 11.6 Å². The van der Waals surface area contributed by atoms with Gasteiger partial charge in [0.2, 0.25) is 0 Å². The number of alkyl halides is 1. The number of aliphatic hydroxyl groups excluding tert-OH is 1. The highest BCUT2D eigenvalue weighted by Crippen LogP contribution is 2.19. The molecular weight excluding hydrogens is 198 g/mol. The highest BCUT2D eigenvalue weighted by atomic mass is 35.5. The molecule has 0 amide bonds. The van der Waals surface area contributed by atoms with Gasteiger partial charge in [0.25, 0.3) is 0 Å². The second-order valence-electron chi connectivity index (χ2n) is 3.94. The van der Waals surface area contributed by atoms with Crippen molar-refractivity contribution in [2.45, 2.75) is 24.9 Å². The third-order valence-corrected chi connectivity index (χ3v) is 2.95. The fraction of sp³-hybridized carbons (Fsp3) is 0.636. The molecule has 1 N–H and O–H groups in total. The number of nitrogens with zero attached hydrogens (tertiary/aromatic N) is 1. The molecule has 2 atom stereocenters. The van der Waals surface area contributed by atoms with Crippen molar-refractivity contribution in [3.63, 3.8) is 0 Å². The molecule has 0 fully saturated rings. The highest BCUT2D eigenvalue weighted by Gasteiger charge is 2.29. The molecule has 0 aliphatic carbocycles. The van der Waals surface area contributed by atoms with Gasteiger partial charge in [0, 0.05) is 6.42 Å². The number of hydrogen-bond donors (Lipinski definition) is 1. The van der Waals surface area contributed by atoms with E-state index < -0.39 is 0 Å². The molecule has 0 aliphatic heterocycles. The predicted octanol–water partition coefficient (Wildman–Crippen LogP) is 2.14. The van der Waals surface area contributed by atoms with Crippen LogP contribution in [-0.4, -0.2) is 41.3 Å². The SMILES string of the molecule is C=CC[N+](C)(CC=C)C(Cl)CC(C)O. The minimum atomic E-state index is -0.371. The third kappa shape index (κ3) is 4.27. The summed E-state index contributed by atoms with van der Waals surface area (Å²) in [7, 11) is 2.05. The number of rotatable bonds is 7. The summed E-state index contributed by atoms with van der Waals surface area (Å²) in [6.07, 6.45) is 3.91. The molecule has 82 valence electrons. The van der Waals surface area contributed by atoms with E-state index in [-0.39, 0.29) is 11.6 Å². The van der Waals surface area contributed by atoms with Gasteiger partial charge in [-0.15, -0.1) is 0 Å². The number of hydrogen-bond acceptors (Lipinski definition) is 1. The Labute approximate surface area is 92.1 Å². The summed E-state index contributed by atoms with van der Waals surface area (Å²) in [5.41, 5.74) is -0.106. The molecule has 0 aromatic rings. The van der Waals surface area contributed by atoms with Gasteiger partial charge in [-0.1, -0.05) is 24.8 Å². The van der Waals surface area contributed by atoms with Crippen LogP contribution in [0.2, 0.25) is 0 Å². The van der Waals surface area contributed by atoms with Gasteiger partial charge in [-0.3, -0.25) is 0 Å². The molecule has 3 heteroatoms. The maximum atomic E-state index is 9.28. The largest absolute Gasteiger partial charge is 0.393 e. The zero-order valence-electron chi connectivity index (χ0n) is 9.12. The Bertz CT molecular complexity index is 182. The Morgan fingerprint density at radius 1 is 1.36 bits per heavy atom. The normalized spacial score (nSPS) is 16.0. The summed E-state index contributed by atoms with van der Waals surface area (Å²) in [5, 5.41) is 9.28. The molecule has 2 nitrogen and oxygen atoms in total. The average Bonchev–Trinajstić information content (AvgIpc) is 2.03. The van der Waals surface area contributed by atoms with E-state index in [1.807, 2.05) is 19.2 Å². The van der Waals surface area contributed by atoms with E-state index in [2.05, 4.69) is 13.2 Å². The van der Waals surface area contributed by atoms with E-state index in [0.717, 1.165) is 13.1 Å². The van der Waals surface area contributed by atoms with Gasteiger partial charge in [-0.25, -0.2) is 0 Å². The molecule has 0 aromatic heterocycles. The first-order valence-corrected chi connectivity index (χ1v) is 5.28. The van der Waals surface area contributed by atoms with Crippen molar-refractivity contribution in [3.8, 4) is 0 Å². The Kier molecular flexibility index (Phi) is 6.09. The van der Waals surface area contributed by atoms with Gasteiger partial charge in [0.1, 0.15) is 0 Å². The topological polar surface area (TPSA) is 20.2 Å². The Hall–Kier alpha value is -0.310. The molecule has 0 bridgehead atoms. The van der Waals surface area contributed by atoms with Crippen molar-refractivity contribution < 1.29 is 9.59 Å². The Morgan fingerprint density at radius 2 is 1.79 bits per heavy atom. The summed E-state index contributed by atoms with van der Waals surface area (Å²) in [5.74, 6) is 0. The molecule has 2 unspecified atom stereocenters. The second kappa shape index (κ2) is 6.23. The first-order valence-electron chi connectivity index (χ1n) is 4.84. The van der Waals surface area contributed by atoms with E-state index in [1.54, 1.807) is 6.92 Å². The molecule has 0 aliphatic rings. The maximum Gasteiger partial charge on any atom is 0.167 e. The summed E-state index contributed by atoms with van der Waals surface area (Å²) in [6, 6.07) is 0. The number of halogens is 1. The molecule has 0 heterocycles. The summed E-state index contributed by atoms with van der Waals surface area (Å²) in [4.78, 5) is 0. The van der Waals surface area contributed by atoms with Gasteiger partial charge >= 0.3 is 0 Å². The lowest BCUT2D eigenvalue weighted by atomic mass is 10.2. The van der Waals surface area contributed by atoms with Crippen LogP contribution in [0.3, 0.4) is 0 Å². The quantitative estimate of drug-likeness (QED) is 0.301. The van der Waals surface area contributed by atoms with Crippen LogP contribution in [0.4, 0.5) is 0 Å². The minimum Gasteiger partial charge on any atom is -0.393 e. The van der Waals surface area contributed by atoms with E-state index in [1.165, 1.54) is 0 Å². The second-order valence-corrected chi connectivity index (χ2v) is 4.44. The summed E-state index contributed by atoms with van der Waals surface area (Å²) < 4.78 is 0.638. The van der Waals surface area contributed by atoms with Crippen molar-refractivity contribution >= 4 is 11.6 Å². The monoisotopic (exact) mass is 218 g/mol. The van der Waals surface area contributed by atoms with Crippen LogP contribution in [-0.2, 0) is 0 Å². The molecule has 14 heavy (non-hydrogen) atoms. The molecule has 0 radical (unpaired) electrons. The number of likely N-dealkylation sites (N-methyl/N-ethyl adjacent to an activating group) is 1. The summed E-state index contributed by atoms with van der Waals surface area (Å²) in [6.45, 7) is 10.8. The zero-order valence-corrected chi connectivity index (χ0v) is 9.87. The third-order valence-electron chi connectivity index (χ3n) is 2.30. The first kappa shape index (κ1) is 13.7. The zero-order chi connectivity index (χ0) is 11.2. The van der Waals surface area contributed by atoms with Gasteiger partial charge in [0.15, 0.2) is 5.50 Å². The standard InChI is InChI=1S/C11H21ClNO/c1-5-7-13(4,8-6-2)11(12)9-10(3)14/h5-6,10-11,14H,1-2,7-9H2,3-4H3/q+1. The van der Waals surface area contributed by atoms with E-state index in [9.17, 15) is 5.11 Å². The van der Waals surface area contributed by atoms with Crippen LogP contribution in [0.15, 0.2) is 25.3 Å². The molecule has 0 saturated carbocycles. The first-order chi connectivity index (χ1) is 6.46. The van der Waals surface area contributed by atoms with Crippen LogP contribution in [0.5, 0.6) is 0 Å². The summed E-state index contributed by atoms with van der Waals surface area (Å²) >= 11 is 6.26. The van der Waals surface area contributed by atoms with Crippen molar-refractivity contribution in [3.05, 3.63) is 25.3 Å². The molecular formula is C11H21ClNO+. The van der Waals surface area contributed by atoms with Gasteiger partial charge in [0.05, 0.1) is 26.2 Å². The lowest BCUT2D eigenvalue weighted by Gasteiger charge is -2.37. The van der Waals surface area contributed by atoms with E-state index in [0.29, 0.717) is 10.9 Å². The van der Waals surface area contributed by atoms with Crippen molar-refractivity contribution in [2.24, 2.45) is 0 Å². The van der Waals surface area contributed by atoms with Crippen LogP contribution >= 0.6 is 11.6 Å². The van der Waals surface area contributed by atoms with Crippen molar-refractivity contribution in [1.82, 2.24) is 0 Å². The molecule has 0 saturated heterocycles. The average molecular weight is 219 g/mol. The van der Waals surface area contributed by atoms with Gasteiger partial charge in [-0.2, -0.15) is 0 Å². The minimum absolute atomic E-state index is 0.106. The van der Waals surface area contributed by atoms with E-state index >= 15 is 0 Å². The van der Waals surface area contributed by atoms with Gasteiger partial charge in [-0.05, 0) is 19.1 Å². The van der Waals surface area contributed by atoms with Crippen LogP contribution < -0.4 is 0 Å². The lowest BCUT2D eigenvalue weighted by Crippen LogP contribution is -2.50. The fourth-order valence-corrected chi connectivity index (χ4v) is 1.85. The van der Waals surface area contributed by atoms with Crippen LogP contribution in [0, 0.1) is 0 Å². The molecule has 0 spiro atoms. The lowest BCUT2D eigenvalue weighted by molar-refractivity contribution is -0.910. The molecule has 0 aromatic carbocycles. The highest BCUT2D eigenvalue weighted by molar-refractivity contribution is 6.19. The predicted molar refractivity (Wildman–Crippen MR) is 62.3 cm³/mol. The number of quaternary nitrogens is 1. The van der Waals surface area contributed by atoms with Crippen LogP contribution in [0.1, 0.15) is 13.3 Å². The number of aliphatic hydroxyl groups is 1. The fourth-order valence-electron chi connectivity index (χ4n) is 1.43. The maximum absolute atomic E-state index is 9.28. The molecule has 0 rings (SSSR count). The van der Waals surface area contributed by atoms with Crippen LogP contribution in [0.25, 0.3) is 0 Å². The Balaban J connectivity index is 4.44. The van der Waals surface area contributed by atoms with Crippen molar-refractivity contribution in [2.75, 3.05) is 20.1 Å².